The molecule has 0 spiro atoms. The molecule has 0 aromatic rings. The van der Waals surface area contributed by atoms with E-state index in [4.69, 9.17) is 9.47 Å². The van der Waals surface area contributed by atoms with Gasteiger partial charge in [0.25, 0.3) is 0 Å². The van der Waals surface area contributed by atoms with E-state index in [1.54, 1.807) is 7.11 Å². The monoisotopic (exact) mass is 173 g/mol. The molecular weight excluding hydrogens is 158 g/mol. The van der Waals surface area contributed by atoms with E-state index >= 15 is 0 Å². The molecule has 70 valence electrons. The van der Waals surface area contributed by atoms with Crippen molar-refractivity contribution in [2.24, 2.45) is 0 Å². The van der Waals surface area contributed by atoms with Gasteiger partial charge < -0.3 is 14.8 Å². The first-order chi connectivity index (χ1) is 5.74. The Morgan fingerprint density at radius 2 is 2.42 bits per heavy atom. The number of rotatable bonds is 2. The first-order valence-electron chi connectivity index (χ1n) is 4.15. The third kappa shape index (κ3) is 2.46. The lowest BCUT2D eigenvalue weighted by Gasteiger charge is -2.30. The second-order valence-corrected chi connectivity index (χ2v) is 2.92. The summed E-state index contributed by atoms with van der Waals surface area (Å²) in [5.41, 5.74) is 0. The Kier molecular flexibility index (Phi) is 3.49. The number of methoxy groups -OCH3 is 1. The average Bonchev–Trinajstić information content (AvgIpc) is 2.04. The van der Waals surface area contributed by atoms with Gasteiger partial charge in [0.05, 0.1) is 6.04 Å². The molecule has 0 radical (unpaired) electrons. The maximum atomic E-state index is 10.8. The van der Waals surface area contributed by atoms with Gasteiger partial charge >= 0.3 is 0 Å². The van der Waals surface area contributed by atoms with Crippen LogP contribution in [-0.4, -0.2) is 32.0 Å². The van der Waals surface area contributed by atoms with Gasteiger partial charge in [-0.1, -0.05) is 0 Å². The number of carbonyl (C=O) groups is 1. The van der Waals surface area contributed by atoms with Crippen molar-refractivity contribution in [1.82, 2.24) is 5.32 Å². The summed E-state index contributed by atoms with van der Waals surface area (Å²) in [4.78, 5) is 10.8. The average molecular weight is 173 g/mol. The van der Waals surface area contributed by atoms with Crippen LogP contribution in [0.1, 0.15) is 19.8 Å². The molecule has 1 heterocycles. The summed E-state index contributed by atoms with van der Waals surface area (Å²) in [5.74, 6) is -0.0347. The van der Waals surface area contributed by atoms with Crippen molar-refractivity contribution in [2.75, 3.05) is 13.7 Å². The number of ether oxygens (including phenoxy) is 2. The summed E-state index contributed by atoms with van der Waals surface area (Å²) >= 11 is 0. The van der Waals surface area contributed by atoms with Crippen LogP contribution in [0.2, 0.25) is 0 Å². The molecule has 4 heteroatoms. The fourth-order valence-electron chi connectivity index (χ4n) is 1.39. The van der Waals surface area contributed by atoms with Gasteiger partial charge in [0, 0.05) is 20.6 Å². The van der Waals surface area contributed by atoms with Crippen molar-refractivity contribution < 1.29 is 14.3 Å². The van der Waals surface area contributed by atoms with E-state index in [0.717, 1.165) is 12.8 Å². The molecular formula is C8H15NO3. The van der Waals surface area contributed by atoms with Gasteiger partial charge in [-0.3, -0.25) is 4.79 Å². The Morgan fingerprint density at radius 3 is 3.00 bits per heavy atom. The molecule has 1 aliphatic rings. The zero-order chi connectivity index (χ0) is 8.97. The predicted molar refractivity (Wildman–Crippen MR) is 43.6 cm³/mol. The summed E-state index contributed by atoms with van der Waals surface area (Å²) in [5, 5.41) is 2.79. The Hall–Kier alpha value is -0.610. The van der Waals surface area contributed by atoms with Crippen molar-refractivity contribution in [3.05, 3.63) is 0 Å². The Morgan fingerprint density at radius 1 is 1.67 bits per heavy atom. The molecule has 1 amide bonds. The molecule has 2 atom stereocenters. The fraction of sp³-hybridized carbons (Fsp3) is 0.875. The van der Waals surface area contributed by atoms with E-state index in [9.17, 15) is 4.79 Å². The predicted octanol–water partition coefficient (Wildman–Crippen LogP) is 0.274. The fourth-order valence-corrected chi connectivity index (χ4v) is 1.39. The van der Waals surface area contributed by atoms with E-state index in [1.807, 2.05) is 0 Å². The minimum absolute atomic E-state index is 0.0150. The smallest absolute Gasteiger partial charge is 0.217 e. The van der Waals surface area contributed by atoms with Crippen LogP contribution in [0, 0.1) is 0 Å². The van der Waals surface area contributed by atoms with Gasteiger partial charge in [-0.15, -0.1) is 0 Å². The second-order valence-electron chi connectivity index (χ2n) is 2.92. The van der Waals surface area contributed by atoms with Crippen LogP contribution in [0.25, 0.3) is 0 Å². The molecule has 1 fully saturated rings. The maximum absolute atomic E-state index is 10.8. The summed E-state index contributed by atoms with van der Waals surface area (Å²) < 4.78 is 10.4. The quantitative estimate of drug-likeness (QED) is 0.652. The molecule has 0 aromatic heterocycles. The number of carbonyl (C=O) groups excluding carboxylic acids is 1. The molecule has 0 aliphatic carbocycles. The lowest BCUT2D eigenvalue weighted by Crippen LogP contribution is -2.47. The molecule has 0 aromatic carbocycles. The van der Waals surface area contributed by atoms with E-state index < -0.39 is 0 Å². The Bertz CT molecular complexity index is 160. The SMILES string of the molecule is CO[C@H]1OCCC[C@@H]1NC(C)=O. The Labute approximate surface area is 72.2 Å². The molecule has 1 saturated heterocycles. The zero-order valence-corrected chi connectivity index (χ0v) is 7.50. The van der Waals surface area contributed by atoms with Crippen molar-refractivity contribution in [3.8, 4) is 0 Å². The van der Waals surface area contributed by atoms with Crippen LogP contribution in [0.5, 0.6) is 0 Å². The molecule has 0 saturated carbocycles. The van der Waals surface area contributed by atoms with Gasteiger partial charge in [-0.25, -0.2) is 0 Å². The van der Waals surface area contributed by atoms with Crippen molar-refractivity contribution >= 4 is 5.91 Å². The van der Waals surface area contributed by atoms with E-state index in [0.29, 0.717) is 6.61 Å². The normalized spacial score (nSPS) is 29.8. The highest BCUT2D eigenvalue weighted by atomic mass is 16.7. The number of hydrogen-bond acceptors (Lipinski definition) is 3. The highest BCUT2D eigenvalue weighted by Gasteiger charge is 2.25. The zero-order valence-electron chi connectivity index (χ0n) is 7.50. The number of hydrogen-bond donors (Lipinski definition) is 1. The largest absolute Gasteiger partial charge is 0.354 e. The van der Waals surface area contributed by atoms with Crippen LogP contribution in [-0.2, 0) is 14.3 Å². The number of nitrogens with one attached hydrogen (secondary N) is 1. The molecule has 12 heavy (non-hydrogen) atoms. The topological polar surface area (TPSA) is 47.6 Å². The van der Waals surface area contributed by atoms with Crippen LogP contribution < -0.4 is 5.32 Å². The molecule has 0 unspecified atom stereocenters. The summed E-state index contributed by atoms with van der Waals surface area (Å²) in [6, 6.07) is 0.0150. The molecule has 1 aliphatic heterocycles. The number of amides is 1. The van der Waals surface area contributed by atoms with Crippen LogP contribution in [0.3, 0.4) is 0 Å². The highest BCUT2D eigenvalue weighted by Crippen LogP contribution is 2.13. The van der Waals surface area contributed by atoms with Gasteiger partial charge in [0.15, 0.2) is 6.29 Å². The summed E-state index contributed by atoms with van der Waals surface area (Å²) in [7, 11) is 1.59. The Balaban J connectivity index is 2.41. The minimum Gasteiger partial charge on any atom is -0.354 e. The van der Waals surface area contributed by atoms with Crippen molar-refractivity contribution in [1.29, 1.82) is 0 Å². The molecule has 1 rings (SSSR count). The van der Waals surface area contributed by atoms with Crippen LogP contribution in [0.4, 0.5) is 0 Å². The van der Waals surface area contributed by atoms with Gasteiger partial charge in [0.1, 0.15) is 0 Å². The van der Waals surface area contributed by atoms with E-state index in [-0.39, 0.29) is 18.2 Å². The third-order valence-electron chi connectivity index (χ3n) is 1.89. The second kappa shape index (κ2) is 4.42. The maximum Gasteiger partial charge on any atom is 0.217 e. The molecule has 4 nitrogen and oxygen atoms in total. The lowest BCUT2D eigenvalue weighted by molar-refractivity contribution is -0.165. The van der Waals surface area contributed by atoms with Crippen LogP contribution in [0.15, 0.2) is 0 Å². The minimum atomic E-state index is -0.275. The van der Waals surface area contributed by atoms with E-state index in [2.05, 4.69) is 5.32 Å². The first kappa shape index (κ1) is 9.48. The van der Waals surface area contributed by atoms with Crippen molar-refractivity contribution in [3.63, 3.8) is 0 Å². The highest BCUT2D eigenvalue weighted by molar-refractivity contribution is 5.73. The first-order valence-corrected chi connectivity index (χ1v) is 4.15. The van der Waals surface area contributed by atoms with Gasteiger partial charge in [-0.2, -0.15) is 0 Å². The van der Waals surface area contributed by atoms with Gasteiger partial charge in [0.2, 0.25) is 5.91 Å². The molecule has 1 N–H and O–H groups in total. The molecule has 0 bridgehead atoms. The summed E-state index contributed by atoms with van der Waals surface area (Å²) in [6.07, 6.45) is 1.63. The van der Waals surface area contributed by atoms with Crippen molar-refractivity contribution in [2.45, 2.75) is 32.1 Å². The third-order valence-corrected chi connectivity index (χ3v) is 1.89. The summed E-state index contributed by atoms with van der Waals surface area (Å²) in [6.45, 7) is 2.22. The van der Waals surface area contributed by atoms with E-state index in [1.165, 1.54) is 6.92 Å². The lowest BCUT2D eigenvalue weighted by atomic mass is 10.1. The van der Waals surface area contributed by atoms with Crippen LogP contribution >= 0.6 is 0 Å². The van der Waals surface area contributed by atoms with Gasteiger partial charge in [-0.05, 0) is 12.8 Å². The standard InChI is InChI=1S/C8H15NO3/c1-6(10)9-7-4-3-5-12-8(7)11-2/h7-8H,3-5H2,1-2H3,(H,9,10)/t7-,8-/m0/s1.